The summed E-state index contributed by atoms with van der Waals surface area (Å²) in [4.78, 5) is 23.1. The molecule has 0 aliphatic rings. The molecular weight excluding hydrogens is 338 g/mol. The van der Waals surface area contributed by atoms with Crippen LogP contribution in [0.4, 0.5) is 0 Å². The van der Waals surface area contributed by atoms with Crippen molar-refractivity contribution in [2.45, 2.75) is 38.8 Å². The minimum atomic E-state index is -1.18. The van der Waals surface area contributed by atoms with E-state index in [9.17, 15) is 19.8 Å². The maximum Gasteiger partial charge on any atom is 0.326 e. The van der Waals surface area contributed by atoms with E-state index in [4.69, 9.17) is 0 Å². The predicted molar refractivity (Wildman–Crippen MR) is 82.9 cm³/mol. The zero-order chi connectivity index (χ0) is 16.0. The van der Waals surface area contributed by atoms with E-state index in [1.807, 2.05) is 26.0 Å². The van der Waals surface area contributed by atoms with E-state index in [0.29, 0.717) is 6.42 Å². The number of aliphatic hydroxyl groups excluding tert-OH is 1. The number of aliphatic hydroxyl groups is 1. The molecule has 1 aromatic rings. The number of aliphatic carboxylic acids is 1. The van der Waals surface area contributed by atoms with E-state index in [2.05, 4.69) is 21.2 Å². The fourth-order valence-electron chi connectivity index (χ4n) is 1.88. The van der Waals surface area contributed by atoms with Crippen LogP contribution in [-0.4, -0.2) is 34.2 Å². The molecule has 2 atom stereocenters. The third kappa shape index (κ3) is 6.27. The summed E-state index contributed by atoms with van der Waals surface area (Å²) in [7, 11) is 0. The Labute approximate surface area is 132 Å². The van der Waals surface area contributed by atoms with Crippen LogP contribution in [0.25, 0.3) is 0 Å². The standard InChI is InChI=1S/C15H20BrNO4/c1-9(2)7-13(18)14(19)17-12(15(20)21)8-10-3-5-11(16)6-4-10/h3-6,9,12-13,18H,7-8H2,1-2H3,(H,17,19)(H,20,21)/t12-,13+/m0/s1. The average molecular weight is 358 g/mol. The highest BCUT2D eigenvalue weighted by atomic mass is 79.9. The van der Waals surface area contributed by atoms with E-state index >= 15 is 0 Å². The molecule has 1 aromatic carbocycles. The molecule has 116 valence electrons. The maximum atomic E-state index is 11.8. The lowest BCUT2D eigenvalue weighted by molar-refractivity contribution is -0.143. The van der Waals surface area contributed by atoms with Gasteiger partial charge in [-0.3, -0.25) is 4.79 Å². The van der Waals surface area contributed by atoms with Crippen LogP contribution in [-0.2, 0) is 16.0 Å². The van der Waals surface area contributed by atoms with Crippen molar-refractivity contribution in [3.8, 4) is 0 Å². The first-order valence-corrected chi connectivity index (χ1v) is 7.54. The fraction of sp³-hybridized carbons (Fsp3) is 0.467. The minimum Gasteiger partial charge on any atom is -0.480 e. The molecule has 1 rings (SSSR count). The number of carboxylic acid groups (broad SMARTS) is 1. The molecule has 3 N–H and O–H groups in total. The van der Waals surface area contributed by atoms with E-state index in [-0.39, 0.29) is 12.3 Å². The van der Waals surface area contributed by atoms with Crippen molar-refractivity contribution >= 4 is 27.8 Å². The molecule has 0 unspecified atom stereocenters. The Morgan fingerprint density at radius 1 is 1.24 bits per heavy atom. The number of hydrogen-bond donors (Lipinski definition) is 3. The fourth-order valence-corrected chi connectivity index (χ4v) is 2.14. The lowest BCUT2D eigenvalue weighted by Gasteiger charge is -2.18. The van der Waals surface area contributed by atoms with Gasteiger partial charge in [0.1, 0.15) is 12.1 Å². The van der Waals surface area contributed by atoms with Crippen LogP contribution in [0.5, 0.6) is 0 Å². The van der Waals surface area contributed by atoms with Crippen molar-refractivity contribution in [3.05, 3.63) is 34.3 Å². The number of amides is 1. The summed E-state index contributed by atoms with van der Waals surface area (Å²) in [6.45, 7) is 3.76. The van der Waals surface area contributed by atoms with Crippen LogP contribution in [0.3, 0.4) is 0 Å². The quantitative estimate of drug-likeness (QED) is 0.696. The van der Waals surface area contributed by atoms with Gasteiger partial charge in [-0.1, -0.05) is 41.9 Å². The molecule has 0 aromatic heterocycles. The molecule has 0 fully saturated rings. The van der Waals surface area contributed by atoms with Gasteiger partial charge in [-0.15, -0.1) is 0 Å². The number of rotatable bonds is 7. The molecule has 0 radical (unpaired) electrons. The Kier molecular flexibility index (Phi) is 6.84. The molecule has 6 heteroatoms. The van der Waals surface area contributed by atoms with E-state index in [0.717, 1.165) is 10.0 Å². The van der Waals surface area contributed by atoms with E-state index in [1.165, 1.54) is 0 Å². The van der Waals surface area contributed by atoms with Gasteiger partial charge in [0.25, 0.3) is 0 Å². The van der Waals surface area contributed by atoms with Crippen LogP contribution in [0.2, 0.25) is 0 Å². The van der Waals surface area contributed by atoms with Crippen LogP contribution in [0, 0.1) is 5.92 Å². The van der Waals surface area contributed by atoms with E-state index in [1.54, 1.807) is 12.1 Å². The van der Waals surface area contributed by atoms with Crippen molar-refractivity contribution < 1.29 is 19.8 Å². The Morgan fingerprint density at radius 3 is 2.29 bits per heavy atom. The molecule has 0 aliphatic carbocycles. The van der Waals surface area contributed by atoms with Gasteiger partial charge >= 0.3 is 5.97 Å². The van der Waals surface area contributed by atoms with Crippen molar-refractivity contribution in [2.24, 2.45) is 5.92 Å². The third-order valence-electron chi connectivity index (χ3n) is 2.96. The number of carboxylic acids is 1. The molecule has 0 saturated carbocycles. The second-order valence-electron chi connectivity index (χ2n) is 5.38. The second kappa shape index (κ2) is 8.14. The third-order valence-corrected chi connectivity index (χ3v) is 3.49. The SMILES string of the molecule is CC(C)C[C@@H](O)C(=O)N[C@@H](Cc1ccc(Br)cc1)C(=O)O. The van der Waals surface area contributed by atoms with Crippen molar-refractivity contribution in [1.29, 1.82) is 0 Å². The Hall–Kier alpha value is -1.40. The molecular formula is C15H20BrNO4. The van der Waals surface area contributed by atoms with Gasteiger partial charge in [-0.2, -0.15) is 0 Å². The van der Waals surface area contributed by atoms with Gasteiger partial charge in [0.15, 0.2) is 0 Å². The number of carbonyl (C=O) groups excluding carboxylic acids is 1. The second-order valence-corrected chi connectivity index (χ2v) is 6.29. The molecule has 5 nitrogen and oxygen atoms in total. The van der Waals surface area contributed by atoms with Crippen molar-refractivity contribution in [1.82, 2.24) is 5.32 Å². The van der Waals surface area contributed by atoms with Crippen LogP contribution < -0.4 is 5.32 Å². The zero-order valence-corrected chi connectivity index (χ0v) is 13.6. The Bertz CT molecular complexity index is 487. The summed E-state index contributed by atoms with van der Waals surface area (Å²) in [6, 6.07) is 6.14. The van der Waals surface area contributed by atoms with Crippen LogP contribution >= 0.6 is 15.9 Å². The minimum absolute atomic E-state index is 0.153. The highest BCUT2D eigenvalue weighted by molar-refractivity contribution is 9.10. The summed E-state index contributed by atoms with van der Waals surface area (Å²) in [5.74, 6) is -1.61. The van der Waals surface area contributed by atoms with Crippen LogP contribution in [0.15, 0.2) is 28.7 Å². The predicted octanol–water partition coefficient (Wildman–Crippen LogP) is 1.97. The normalized spacial score (nSPS) is 13.8. The van der Waals surface area contributed by atoms with Gasteiger partial charge in [0.05, 0.1) is 0 Å². The van der Waals surface area contributed by atoms with Gasteiger partial charge < -0.3 is 15.5 Å². The highest BCUT2D eigenvalue weighted by Crippen LogP contribution is 2.12. The number of hydrogen-bond acceptors (Lipinski definition) is 3. The first kappa shape index (κ1) is 17.7. The van der Waals surface area contributed by atoms with Gasteiger partial charge in [-0.25, -0.2) is 4.79 Å². The summed E-state index contributed by atoms with van der Waals surface area (Å²) in [5.41, 5.74) is 0.796. The Morgan fingerprint density at radius 2 is 1.81 bits per heavy atom. The first-order chi connectivity index (χ1) is 9.79. The van der Waals surface area contributed by atoms with E-state index < -0.39 is 24.0 Å². The lowest BCUT2D eigenvalue weighted by atomic mass is 10.0. The first-order valence-electron chi connectivity index (χ1n) is 6.75. The number of benzene rings is 1. The molecule has 0 saturated heterocycles. The summed E-state index contributed by atoms with van der Waals surface area (Å²) >= 11 is 3.30. The molecule has 0 bridgehead atoms. The Balaban J connectivity index is 2.67. The highest BCUT2D eigenvalue weighted by Gasteiger charge is 2.24. The van der Waals surface area contributed by atoms with Crippen molar-refractivity contribution in [3.63, 3.8) is 0 Å². The van der Waals surface area contributed by atoms with Gasteiger partial charge in [-0.05, 0) is 30.0 Å². The summed E-state index contributed by atoms with van der Waals surface area (Å²) < 4.78 is 0.898. The number of nitrogens with one attached hydrogen (secondary N) is 1. The van der Waals surface area contributed by atoms with Crippen LogP contribution in [0.1, 0.15) is 25.8 Å². The lowest BCUT2D eigenvalue weighted by Crippen LogP contribution is -2.46. The summed E-state index contributed by atoms with van der Waals surface area (Å²) in [6.07, 6.45) is -0.712. The molecule has 1 amide bonds. The number of carbonyl (C=O) groups is 2. The summed E-state index contributed by atoms with van der Waals surface area (Å²) in [5, 5.41) is 21.3. The van der Waals surface area contributed by atoms with Gasteiger partial charge in [0, 0.05) is 10.9 Å². The largest absolute Gasteiger partial charge is 0.480 e. The number of halogens is 1. The monoisotopic (exact) mass is 357 g/mol. The van der Waals surface area contributed by atoms with Crippen molar-refractivity contribution in [2.75, 3.05) is 0 Å². The molecule has 21 heavy (non-hydrogen) atoms. The molecule has 0 spiro atoms. The van der Waals surface area contributed by atoms with Gasteiger partial charge in [0.2, 0.25) is 5.91 Å². The smallest absolute Gasteiger partial charge is 0.326 e. The molecule has 0 heterocycles. The average Bonchev–Trinajstić information content (AvgIpc) is 2.39. The molecule has 0 aliphatic heterocycles. The topological polar surface area (TPSA) is 86.6 Å². The zero-order valence-electron chi connectivity index (χ0n) is 12.0. The maximum absolute atomic E-state index is 11.8.